The van der Waals surface area contributed by atoms with Crippen LogP contribution in [0.3, 0.4) is 0 Å². The lowest BCUT2D eigenvalue weighted by Gasteiger charge is -2.06. The molecule has 0 aliphatic heterocycles. The smallest absolute Gasteiger partial charge is 0.334 e. The number of hydrogen-bond donors (Lipinski definition) is 0. The van der Waals surface area contributed by atoms with Crippen molar-refractivity contribution in [1.82, 2.24) is 0 Å². The van der Waals surface area contributed by atoms with Crippen molar-refractivity contribution in [2.24, 2.45) is 0 Å². The maximum Gasteiger partial charge on any atom is 0.334 e. The van der Waals surface area contributed by atoms with Crippen LogP contribution in [0.15, 0.2) is 30.0 Å². The van der Waals surface area contributed by atoms with Gasteiger partial charge < -0.3 is 9.47 Å². The molecule has 0 amide bonds. The van der Waals surface area contributed by atoms with Gasteiger partial charge in [0, 0.05) is 6.07 Å². The van der Waals surface area contributed by atoms with Gasteiger partial charge in [-0.2, -0.15) is 0 Å². The average Bonchev–Trinajstić information content (AvgIpc) is 2.23. The Hall–Kier alpha value is -1.91. The number of carbonyl (C=O) groups is 1. The van der Waals surface area contributed by atoms with Crippen LogP contribution in [0.4, 0.5) is 8.78 Å². The van der Waals surface area contributed by atoms with E-state index in [1.165, 1.54) is 6.92 Å². The summed E-state index contributed by atoms with van der Waals surface area (Å²) in [5, 5.41) is 0. The molecular formula is C12H12F2O3. The standard InChI is InChI=1S/C12H12F2O3/c1-3-16-12(15)6-8(2)17-11-7-9(13)4-5-10(11)14/h4-7H,3H2,1-2H3/b8-6+. The summed E-state index contributed by atoms with van der Waals surface area (Å²) < 4.78 is 35.6. The van der Waals surface area contributed by atoms with Crippen LogP contribution in [0.5, 0.6) is 5.75 Å². The Morgan fingerprint density at radius 1 is 1.41 bits per heavy atom. The fourth-order valence-electron chi connectivity index (χ4n) is 1.11. The van der Waals surface area contributed by atoms with Crippen molar-refractivity contribution in [2.45, 2.75) is 13.8 Å². The third-order valence-electron chi connectivity index (χ3n) is 1.77. The highest BCUT2D eigenvalue weighted by molar-refractivity contribution is 5.82. The lowest BCUT2D eigenvalue weighted by Crippen LogP contribution is -2.03. The van der Waals surface area contributed by atoms with Gasteiger partial charge in [-0.25, -0.2) is 13.6 Å². The first kappa shape index (κ1) is 13.2. The average molecular weight is 242 g/mol. The Morgan fingerprint density at radius 3 is 2.76 bits per heavy atom. The molecule has 1 aromatic carbocycles. The molecule has 0 N–H and O–H groups in total. The van der Waals surface area contributed by atoms with Crippen molar-refractivity contribution in [3.8, 4) is 5.75 Å². The fraction of sp³-hybridized carbons (Fsp3) is 0.250. The maximum absolute atomic E-state index is 13.2. The molecule has 1 rings (SSSR count). The van der Waals surface area contributed by atoms with E-state index in [-0.39, 0.29) is 18.1 Å². The summed E-state index contributed by atoms with van der Waals surface area (Å²) in [5.74, 6) is -2.08. The lowest BCUT2D eigenvalue weighted by atomic mass is 10.3. The highest BCUT2D eigenvalue weighted by Crippen LogP contribution is 2.20. The third kappa shape index (κ3) is 4.22. The number of ether oxygens (including phenoxy) is 2. The number of benzene rings is 1. The minimum Gasteiger partial charge on any atom is -0.463 e. The minimum atomic E-state index is -0.706. The molecule has 0 fully saturated rings. The van der Waals surface area contributed by atoms with Crippen molar-refractivity contribution >= 4 is 5.97 Å². The van der Waals surface area contributed by atoms with Crippen molar-refractivity contribution in [3.05, 3.63) is 41.7 Å². The van der Waals surface area contributed by atoms with Gasteiger partial charge in [-0.1, -0.05) is 0 Å². The highest BCUT2D eigenvalue weighted by Gasteiger charge is 2.07. The van der Waals surface area contributed by atoms with Crippen molar-refractivity contribution in [1.29, 1.82) is 0 Å². The van der Waals surface area contributed by atoms with Crippen molar-refractivity contribution in [2.75, 3.05) is 6.61 Å². The second-order valence-electron chi connectivity index (χ2n) is 3.18. The molecule has 0 saturated carbocycles. The Labute approximate surface area is 97.7 Å². The summed E-state index contributed by atoms with van der Waals surface area (Å²) in [5.41, 5.74) is 0. The maximum atomic E-state index is 13.2. The molecule has 0 atom stereocenters. The molecule has 92 valence electrons. The van der Waals surface area contributed by atoms with Crippen LogP contribution in [0.25, 0.3) is 0 Å². The molecule has 0 heterocycles. The third-order valence-corrected chi connectivity index (χ3v) is 1.77. The molecule has 5 heteroatoms. The second-order valence-corrected chi connectivity index (χ2v) is 3.18. The summed E-state index contributed by atoms with van der Waals surface area (Å²) in [7, 11) is 0. The molecule has 0 spiro atoms. The quantitative estimate of drug-likeness (QED) is 0.462. The first-order valence-corrected chi connectivity index (χ1v) is 5.01. The van der Waals surface area contributed by atoms with Crippen LogP contribution in [-0.2, 0) is 9.53 Å². The zero-order valence-electron chi connectivity index (χ0n) is 9.50. The molecule has 17 heavy (non-hydrogen) atoms. The van der Waals surface area contributed by atoms with E-state index in [2.05, 4.69) is 4.74 Å². The Bertz CT molecular complexity index is 441. The van der Waals surface area contributed by atoms with E-state index in [0.717, 1.165) is 24.3 Å². The summed E-state index contributed by atoms with van der Waals surface area (Å²) >= 11 is 0. The number of esters is 1. The molecule has 0 aliphatic rings. The normalized spacial score (nSPS) is 11.2. The second kappa shape index (κ2) is 5.98. The Morgan fingerprint density at radius 2 is 2.12 bits per heavy atom. The predicted octanol–water partition coefficient (Wildman–Crippen LogP) is 2.81. The Balaban J connectivity index is 2.77. The van der Waals surface area contributed by atoms with Crippen LogP contribution >= 0.6 is 0 Å². The fourth-order valence-corrected chi connectivity index (χ4v) is 1.11. The highest BCUT2D eigenvalue weighted by atomic mass is 19.1. The molecule has 1 aromatic rings. The number of halogens is 2. The van der Waals surface area contributed by atoms with Gasteiger partial charge in [-0.05, 0) is 26.0 Å². The molecule has 0 aliphatic carbocycles. The first-order valence-electron chi connectivity index (χ1n) is 5.01. The molecule has 0 unspecified atom stereocenters. The monoisotopic (exact) mass is 242 g/mol. The van der Waals surface area contributed by atoms with E-state index in [4.69, 9.17) is 4.74 Å². The van der Waals surface area contributed by atoms with Crippen molar-refractivity contribution in [3.63, 3.8) is 0 Å². The summed E-state index contributed by atoms with van der Waals surface area (Å²) in [6, 6.07) is 2.83. The van der Waals surface area contributed by atoms with E-state index in [9.17, 15) is 13.6 Å². The minimum absolute atomic E-state index is 0.118. The molecule has 0 aromatic heterocycles. The molecule has 0 bridgehead atoms. The van der Waals surface area contributed by atoms with Gasteiger partial charge in [0.1, 0.15) is 11.6 Å². The lowest BCUT2D eigenvalue weighted by molar-refractivity contribution is -0.137. The zero-order chi connectivity index (χ0) is 12.8. The zero-order valence-corrected chi connectivity index (χ0v) is 9.50. The number of rotatable bonds is 4. The van der Waals surface area contributed by atoms with Gasteiger partial charge in [0.15, 0.2) is 11.6 Å². The van der Waals surface area contributed by atoms with Gasteiger partial charge in [0.05, 0.1) is 12.7 Å². The van der Waals surface area contributed by atoms with E-state index in [1.807, 2.05) is 0 Å². The molecular weight excluding hydrogens is 230 g/mol. The summed E-state index contributed by atoms with van der Waals surface area (Å²) in [4.78, 5) is 11.0. The predicted molar refractivity (Wildman–Crippen MR) is 57.4 cm³/mol. The van der Waals surface area contributed by atoms with E-state index in [0.29, 0.717) is 0 Å². The topological polar surface area (TPSA) is 35.5 Å². The van der Waals surface area contributed by atoms with E-state index < -0.39 is 17.6 Å². The number of allylic oxidation sites excluding steroid dienone is 1. The van der Waals surface area contributed by atoms with Gasteiger partial charge in [-0.3, -0.25) is 0 Å². The van der Waals surface area contributed by atoms with Gasteiger partial charge in [0.2, 0.25) is 0 Å². The van der Waals surface area contributed by atoms with Crippen LogP contribution < -0.4 is 4.74 Å². The van der Waals surface area contributed by atoms with Crippen LogP contribution in [0.1, 0.15) is 13.8 Å². The van der Waals surface area contributed by atoms with Crippen molar-refractivity contribution < 1.29 is 23.0 Å². The number of carbonyl (C=O) groups excluding carboxylic acids is 1. The van der Waals surface area contributed by atoms with Crippen LogP contribution in [0.2, 0.25) is 0 Å². The van der Waals surface area contributed by atoms with Gasteiger partial charge in [-0.15, -0.1) is 0 Å². The van der Waals surface area contributed by atoms with Crippen LogP contribution in [-0.4, -0.2) is 12.6 Å². The van der Waals surface area contributed by atoms with E-state index >= 15 is 0 Å². The van der Waals surface area contributed by atoms with E-state index in [1.54, 1.807) is 6.92 Å². The number of hydrogen-bond acceptors (Lipinski definition) is 3. The Kier molecular flexibility index (Phi) is 4.63. The van der Waals surface area contributed by atoms with Gasteiger partial charge >= 0.3 is 5.97 Å². The molecule has 0 radical (unpaired) electrons. The molecule has 0 saturated heterocycles. The first-order chi connectivity index (χ1) is 8.02. The largest absolute Gasteiger partial charge is 0.463 e. The van der Waals surface area contributed by atoms with Gasteiger partial charge in [0.25, 0.3) is 0 Å². The van der Waals surface area contributed by atoms with Crippen LogP contribution in [0, 0.1) is 11.6 Å². The SMILES string of the molecule is CCOC(=O)/C=C(\C)Oc1cc(F)ccc1F. The summed E-state index contributed by atoms with van der Waals surface area (Å²) in [6.45, 7) is 3.34. The summed E-state index contributed by atoms with van der Waals surface area (Å²) in [6.07, 6.45) is 1.06. The molecule has 3 nitrogen and oxygen atoms in total.